The molecule has 0 bridgehead atoms. The molecule has 0 aromatic carbocycles. The number of aryl methyl sites for hydroxylation is 1. The number of nitrogens with one attached hydrogen (secondary N) is 1. The van der Waals surface area contributed by atoms with E-state index in [1.54, 1.807) is 7.11 Å². The first kappa shape index (κ1) is 16.0. The van der Waals surface area contributed by atoms with Crippen LogP contribution in [-0.2, 0) is 11.2 Å². The van der Waals surface area contributed by atoms with Crippen LogP contribution >= 0.6 is 0 Å². The number of anilines is 1. The van der Waals surface area contributed by atoms with E-state index in [1.165, 1.54) is 0 Å². The molecule has 118 valence electrons. The standard InChI is InChI=1S/C15H26N4O2/c1-3-5-13-17-14(12-15(18-13)20-2)16-6-4-7-19-8-10-21-11-9-19/h12H,3-11H2,1-2H3,(H,16,17,18). The highest BCUT2D eigenvalue weighted by atomic mass is 16.5. The lowest BCUT2D eigenvalue weighted by molar-refractivity contribution is 0.0378. The summed E-state index contributed by atoms with van der Waals surface area (Å²) in [5.74, 6) is 2.32. The molecule has 1 aromatic heterocycles. The van der Waals surface area contributed by atoms with Gasteiger partial charge in [-0.15, -0.1) is 0 Å². The topological polar surface area (TPSA) is 59.5 Å². The van der Waals surface area contributed by atoms with E-state index in [0.29, 0.717) is 5.88 Å². The second kappa shape index (κ2) is 8.79. The van der Waals surface area contributed by atoms with Crippen molar-refractivity contribution in [2.45, 2.75) is 26.2 Å². The smallest absolute Gasteiger partial charge is 0.218 e. The van der Waals surface area contributed by atoms with Gasteiger partial charge in [0.25, 0.3) is 0 Å². The Morgan fingerprint density at radius 2 is 2.14 bits per heavy atom. The van der Waals surface area contributed by atoms with Gasteiger partial charge in [-0.25, -0.2) is 4.98 Å². The number of rotatable bonds is 8. The first-order valence-corrected chi connectivity index (χ1v) is 7.77. The van der Waals surface area contributed by atoms with Crippen LogP contribution in [0.5, 0.6) is 5.88 Å². The molecule has 1 saturated heterocycles. The molecule has 0 aliphatic carbocycles. The molecule has 2 heterocycles. The summed E-state index contributed by atoms with van der Waals surface area (Å²) in [6.07, 6.45) is 3.00. The van der Waals surface area contributed by atoms with Gasteiger partial charge in [0, 0.05) is 32.1 Å². The molecule has 1 aliphatic rings. The Morgan fingerprint density at radius 3 is 2.86 bits per heavy atom. The predicted molar refractivity (Wildman–Crippen MR) is 82.9 cm³/mol. The van der Waals surface area contributed by atoms with Gasteiger partial charge in [-0.2, -0.15) is 4.98 Å². The van der Waals surface area contributed by atoms with Crippen LogP contribution in [0.15, 0.2) is 6.07 Å². The van der Waals surface area contributed by atoms with Gasteiger partial charge in [0.05, 0.1) is 20.3 Å². The van der Waals surface area contributed by atoms with Crippen LogP contribution in [-0.4, -0.2) is 61.4 Å². The third-order valence-electron chi connectivity index (χ3n) is 3.49. The lowest BCUT2D eigenvalue weighted by Crippen LogP contribution is -2.37. The second-order valence-electron chi connectivity index (χ2n) is 5.20. The average Bonchev–Trinajstić information content (AvgIpc) is 2.53. The Hall–Kier alpha value is -1.40. The summed E-state index contributed by atoms with van der Waals surface area (Å²) in [6.45, 7) is 7.93. The van der Waals surface area contributed by atoms with Crippen molar-refractivity contribution in [3.63, 3.8) is 0 Å². The van der Waals surface area contributed by atoms with E-state index in [0.717, 1.165) is 70.3 Å². The van der Waals surface area contributed by atoms with Crippen LogP contribution in [0, 0.1) is 0 Å². The molecule has 1 aliphatic heterocycles. The Balaban J connectivity index is 1.77. The highest BCUT2D eigenvalue weighted by Gasteiger charge is 2.09. The first-order chi connectivity index (χ1) is 10.3. The van der Waals surface area contributed by atoms with Crippen molar-refractivity contribution in [1.29, 1.82) is 0 Å². The number of hydrogen-bond donors (Lipinski definition) is 1. The third kappa shape index (κ3) is 5.47. The molecular formula is C15H26N4O2. The van der Waals surface area contributed by atoms with Crippen molar-refractivity contribution in [1.82, 2.24) is 14.9 Å². The van der Waals surface area contributed by atoms with E-state index >= 15 is 0 Å². The van der Waals surface area contributed by atoms with E-state index in [2.05, 4.69) is 27.1 Å². The van der Waals surface area contributed by atoms with Crippen molar-refractivity contribution >= 4 is 5.82 Å². The summed E-state index contributed by atoms with van der Waals surface area (Å²) < 4.78 is 10.6. The normalized spacial score (nSPS) is 15.9. The minimum atomic E-state index is 0.629. The number of aromatic nitrogens is 2. The molecule has 0 saturated carbocycles. The lowest BCUT2D eigenvalue weighted by atomic mass is 10.3. The van der Waals surface area contributed by atoms with Crippen LogP contribution in [0.25, 0.3) is 0 Å². The molecule has 1 N–H and O–H groups in total. The van der Waals surface area contributed by atoms with Crippen molar-refractivity contribution in [3.05, 3.63) is 11.9 Å². The van der Waals surface area contributed by atoms with E-state index < -0.39 is 0 Å². The molecule has 6 heteroatoms. The molecule has 1 aromatic rings. The monoisotopic (exact) mass is 294 g/mol. The van der Waals surface area contributed by atoms with Crippen molar-refractivity contribution in [3.8, 4) is 5.88 Å². The van der Waals surface area contributed by atoms with Crippen molar-refractivity contribution in [2.75, 3.05) is 51.8 Å². The quantitative estimate of drug-likeness (QED) is 0.735. The van der Waals surface area contributed by atoms with Crippen LogP contribution in [0.1, 0.15) is 25.6 Å². The van der Waals surface area contributed by atoms with Crippen molar-refractivity contribution < 1.29 is 9.47 Å². The average molecular weight is 294 g/mol. The molecule has 6 nitrogen and oxygen atoms in total. The molecule has 1 fully saturated rings. The first-order valence-electron chi connectivity index (χ1n) is 7.77. The predicted octanol–water partition coefficient (Wildman–Crippen LogP) is 1.57. The third-order valence-corrected chi connectivity index (χ3v) is 3.49. The van der Waals surface area contributed by atoms with Gasteiger partial charge in [0.15, 0.2) is 0 Å². The molecule has 0 atom stereocenters. The molecule has 0 amide bonds. The Bertz CT molecular complexity index is 422. The number of hydrogen-bond acceptors (Lipinski definition) is 6. The van der Waals surface area contributed by atoms with Gasteiger partial charge in [-0.1, -0.05) is 6.92 Å². The summed E-state index contributed by atoms with van der Waals surface area (Å²) in [6, 6.07) is 1.86. The summed E-state index contributed by atoms with van der Waals surface area (Å²) in [5, 5.41) is 3.37. The minimum Gasteiger partial charge on any atom is -0.481 e. The van der Waals surface area contributed by atoms with Gasteiger partial charge in [-0.3, -0.25) is 4.90 Å². The fourth-order valence-electron chi connectivity index (χ4n) is 2.35. The number of ether oxygens (including phenoxy) is 2. The lowest BCUT2D eigenvalue weighted by Gasteiger charge is -2.26. The fourth-order valence-corrected chi connectivity index (χ4v) is 2.35. The maximum absolute atomic E-state index is 5.35. The number of nitrogens with zero attached hydrogens (tertiary/aromatic N) is 3. The Labute approximate surface area is 126 Å². The molecule has 0 unspecified atom stereocenters. The summed E-state index contributed by atoms with van der Waals surface area (Å²) in [4.78, 5) is 11.3. The van der Waals surface area contributed by atoms with Crippen molar-refractivity contribution in [2.24, 2.45) is 0 Å². The number of morpholine rings is 1. The zero-order valence-corrected chi connectivity index (χ0v) is 13.1. The largest absolute Gasteiger partial charge is 0.481 e. The number of methoxy groups -OCH3 is 1. The van der Waals surface area contributed by atoms with E-state index in [4.69, 9.17) is 9.47 Å². The minimum absolute atomic E-state index is 0.629. The molecule has 2 rings (SSSR count). The highest BCUT2D eigenvalue weighted by Crippen LogP contribution is 2.14. The van der Waals surface area contributed by atoms with Crippen LogP contribution in [0.4, 0.5) is 5.82 Å². The van der Waals surface area contributed by atoms with E-state index in [-0.39, 0.29) is 0 Å². The Morgan fingerprint density at radius 1 is 1.33 bits per heavy atom. The Kier molecular flexibility index (Phi) is 6.69. The molecular weight excluding hydrogens is 268 g/mol. The van der Waals surface area contributed by atoms with Crippen LogP contribution < -0.4 is 10.1 Å². The summed E-state index contributed by atoms with van der Waals surface area (Å²) in [7, 11) is 1.64. The molecule has 0 spiro atoms. The van der Waals surface area contributed by atoms with E-state index in [1.807, 2.05) is 6.07 Å². The molecule has 21 heavy (non-hydrogen) atoms. The van der Waals surface area contributed by atoms with Gasteiger partial charge in [0.2, 0.25) is 5.88 Å². The maximum Gasteiger partial charge on any atom is 0.218 e. The fraction of sp³-hybridized carbons (Fsp3) is 0.733. The maximum atomic E-state index is 5.35. The highest BCUT2D eigenvalue weighted by molar-refractivity contribution is 5.38. The van der Waals surface area contributed by atoms with Gasteiger partial charge in [0.1, 0.15) is 11.6 Å². The zero-order chi connectivity index (χ0) is 14.9. The van der Waals surface area contributed by atoms with Gasteiger partial charge in [-0.05, 0) is 19.4 Å². The second-order valence-corrected chi connectivity index (χ2v) is 5.20. The van der Waals surface area contributed by atoms with Gasteiger partial charge < -0.3 is 14.8 Å². The van der Waals surface area contributed by atoms with Gasteiger partial charge >= 0.3 is 0 Å². The summed E-state index contributed by atoms with van der Waals surface area (Å²) in [5.41, 5.74) is 0. The summed E-state index contributed by atoms with van der Waals surface area (Å²) >= 11 is 0. The van der Waals surface area contributed by atoms with Crippen LogP contribution in [0.2, 0.25) is 0 Å². The van der Waals surface area contributed by atoms with Crippen LogP contribution in [0.3, 0.4) is 0 Å². The SMILES string of the molecule is CCCc1nc(NCCCN2CCOCC2)cc(OC)n1. The molecule has 0 radical (unpaired) electrons. The van der Waals surface area contributed by atoms with E-state index in [9.17, 15) is 0 Å². The zero-order valence-electron chi connectivity index (χ0n) is 13.1.